The van der Waals surface area contributed by atoms with Crippen molar-refractivity contribution in [3.63, 3.8) is 0 Å². The maximum Gasteiger partial charge on any atom is 0.408 e. The van der Waals surface area contributed by atoms with Gasteiger partial charge >= 0.3 is 12.1 Å². The summed E-state index contributed by atoms with van der Waals surface area (Å²) in [7, 11) is 0. The van der Waals surface area contributed by atoms with Crippen molar-refractivity contribution in [1.29, 1.82) is 0 Å². The van der Waals surface area contributed by atoms with Crippen LogP contribution in [-0.4, -0.2) is 34.6 Å². The molecule has 0 aromatic rings. The van der Waals surface area contributed by atoms with Gasteiger partial charge in [-0.1, -0.05) is 54.6 Å². The molecule has 116 valence electrons. The number of hydrogen-bond acceptors (Lipinski definition) is 4. The van der Waals surface area contributed by atoms with Gasteiger partial charge in [-0.05, 0) is 19.3 Å². The minimum Gasteiger partial charge on any atom is -0.464 e. The second-order valence-corrected chi connectivity index (χ2v) is 7.26. The molecule has 1 aliphatic carbocycles. The Morgan fingerprint density at radius 1 is 1.20 bits per heavy atom. The average Bonchev–Trinajstić information content (AvgIpc) is 2.82. The minimum atomic E-state index is -1.68. The lowest BCUT2D eigenvalue weighted by molar-refractivity contribution is -0.151. The van der Waals surface area contributed by atoms with Crippen LogP contribution in [0.5, 0.6) is 0 Å². The predicted octanol–water partition coefficient (Wildman–Crippen LogP) is 3.35. The molecule has 8 heteroatoms. The zero-order chi connectivity index (χ0) is 15.2. The van der Waals surface area contributed by atoms with E-state index < -0.39 is 21.4 Å². The van der Waals surface area contributed by atoms with E-state index >= 15 is 0 Å². The van der Waals surface area contributed by atoms with Gasteiger partial charge in [-0.15, -0.1) is 0 Å². The lowest BCUT2D eigenvalue weighted by Crippen LogP contribution is -2.53. The minimum absolute atomic E-state index is 0.325. The van der Waals surface area contributed by atoms with Crippen LogP contribution in [0.1, 0.15) is 39.0 Å². The summed E-state index contributed by atoms with van der Waals surface area (Å²) >= 11 is 16.5. The number of rotatable bonds is 5. The fourth-order valence-electron chi connectivity index (χ4n) is 2.07. The summed E-state index contributed by atoms with van der Waals surface area (Å²) in [6, 6.07) is 0. The first-order valence-corrected chi connectivity index (χ1v) is 7.61. The van der Waals surface area contributed by atoms with Crippen molar-refractivity contribution in [2.45, 2.75) is 48.4 Å². The van der Waals surface area contributed by atoms with Crippen molar-refractivity contribution in [2.24, 2.45) is 0 Å². The molecule has 1 rings (SSSR count). The number of carbonyl (C=O) groups is 2. The molecule has 5 nitrogen and oxygen atoms in total. The maximum atomic E-state index is 12.1. The molecule has 1 saturated carbocycles. The van der Waals surface area contributed by atoms with Gasteiger partial charge in [0, 0.05) is 0 Å². The number of carbonyl (C=O) groups excluding carboxylic acids is 2. The quantitative estimate of drug-likeness (QED) is 0.612. The number of halogens is 3. The highest BCUT2D eigenvalue weighted by Crippen LogP contribution is 2.31. The Morgan fingerprint density at radius 3 is 2.30 bits per heavy atom. The molecule has 0 saturated heterocycles. The van der Waals surface area contributed by atoms with Crippen LogP contribution in [0.25, 0.3) is 0 Å². The number of esters is 1. The van der Waals surface area contributed by atoms with Gasteiger partial charge in [0.05, 0.1) is 6.61 Å². The van der Waals surface area contributed by atoms with Crippen molar-refractivity contribution in [1.82, 2.24) is 5.32 Å². The van der Waals surface area contributed by atoms with Crippen LogP contribution in [0, 0.1) is 0 Å². The monoisotopic (exact) mass is 345 g/mol. The molecule has 0 heterocycles. The van der Waals surface area contributed by atoms with E-state index in [0.717, 1.165) is 19.3 Å². The first kappa shape index (κ1) is 17.7. The van der Waals surface area contributed by atoms with E-state index in [2.05, 4.69) is 5.32 Å². The fraction of sp³-hybridized carbons (Fsp3) is 0.833. The van der Waals surface area contributed by atoms with Crippen LogP contribution in [0.15, 0.2) is 0 Å². The smallest absolute Gasteiger partial charge is 0.408 e. The third kappa shape index (κ3) is 5.54. The third-order valence-corrected chi connectivity index (χ3v) is 3.32. The number of ether oxygens (including phenoxy) is 2. The number of alkyl halides is 3. The molecule has 1 N–H and O–H groups in total. The summed E-state index contributed by atoms with van der Waals surface area (Å²) in [6.45, 7) is 1.84. The number of alkyl carbamates (subject to hydrolysis) is 1. The zero-order valence-corrected chi connectivity index (χ0v) is 13.5. The van der Waals surface area contributed by atoms with Crippen molar-refractivity contribution in [3.05, 3.63) is 0 Å². The average molecular weight is 347 g/mol. The van der Waals surface area contributed by atoms with Crippen molar-refractivity contribution in [2.75, 3.05) is 13.2 Å². The molecule has 0 unspecified atom stereocenters. The molecule has 1 fully saturated rings. The molecule has 0 aromatic heterocycles. The van der Waals surface area contributed by atoms with Crippen molar-refractivity contribution in [3.8, 4) is 0 Å². The highest BCUT2D eigenvalue weighted by molar-refractivity contribution is 6.67. The van der Waals surface area contributed by atoms with Gasteiger partial charge in [0.15, 0.2) is 0 Å². The largest absolute Gasteiger partial charge is 0.464 e. The van der Waals surface area contributed by atoms with Gasteiger partial charge in [-0.25, -0.2) is 9.59 Å². The summed E-state index contributed by atoms with van der Waals surface area (Å²) in [4.78, 5) is 23.8. The van der Waals surface area contributed by atoms with E-state index in [9.17, 15) is 9.59 Å². The highest BCUT2D eigenvalue weighted by atomic mass is 35.6. The topological polar surface area (TPSA) is 64.6 Å². The number of hydrogen-bond donors (Lipinski definition) is 1. The summed E-state index contributed by atoms with van der Waals surface area (Å²) in [5.74, 6) is -0.428. The van der Waals surface area contributed by atoms with E-state index in [1.807, 2.05) is 6.92 Å². The van der Waals surface area contributed by atoms with Gasteiger partial charge in [-0.3, -0.25) is 0 Å². The Bertz CT molecular complexity index is 351. The molecular formula is C12H18Cl3NO4. The standard InChI is InChI=1S/C12H18Cl3NO4/c1-2-7-19-9(17)11(5-3-4-6-11)16-10(18)20-8-12(13,14)15/h2-8H2,1H3,(H,16,18). The first-order chi connectivity index (χ1) is 9.29. The third-order valence-electron chi connectivity index (χ3n) is 2.99. The summed E-state index contributed by atoms with van der Waals surface area (Å²) in [5.41, 5.74) is -1.01. The number of nitrogens with one attached hydrogen (secondary N) is 1. The molecule has 1 amide bonds. The Morgan fingerprint density at radius 2 is 1.80 bits per heavy atom. The Balaban J connectivity index is 2.58. The van der Waals surface area contributed by atoms with Gasteiger partial charge < -0.3 is 14.8 Å². The van der Waals surface area contributed by atoms with E-state index in [0.29, 0.717) is 19.4 Å². The maximum absolute atomic E-state index is 12.1. The van der Waals surface area contributed by atoms with Crippen LogP contribution in [0.4, 0.5) is 4.79 Å². The van der Waals surface area contributed by atoms with Gasteiger partial charge in [0.2, 0.25) is 3.79 Å². The lowest BCUT2D eigenvalue weighted by atomic mass is 9.98. The summed E-state index contributed by atoms with van der Waals surface area (Å²) in [6.07, 6.45) is 2.67. The molecule has 20 heavy (non-hydrogen) atoms. The van der Waals surface area contributed by atoms with Gasteiger partial charge in [0.25, 0.3) is 0 Å². The van der Waals surface area contributed by atoms with E-state index in [-0.39, 0.29) is 6.61 Å². The second-order valence-electron chi connectivity index (χ2n) is 4.74. The first-order valence-electron chi connectivity index (χ1n) is 6.48. The summed E-state index contributed by atoms with van der Waals surface area (Å²) < 4.78 is 8.25. The molecular weight excluding hydrogens is 328 g/mol. The normalized spacial score (nSPS) is 17.6. The fourth-order valence-corrected chi connectivity index (χ4v) is 2.23. The van der Waals surface area contributed by atoms with Crippen LogP contribution in [-0.2, 0) is 14.3 Å². The number of amides is 1. The van der Waals surface area contributed by atoms with E-state index in [4.69, 9.17) is 44.3 Å². The molecule has 0 spiro atoms. The van der Waals surface area contributed by atoms with E-state index in [1.165, 1.54) is 0 Å². The second kappa shape index (κ2) is 7.57. The van der Waals surface area contributed by atoms with Crippen LogP contribution >= 0.6 is 34.8 Å². The van der Waals surface area contributed by atoms with Crippen molar-refractivity contribution < 1.29 is 19.1 Å². The van der Waals surface area contributed by atoms with Crippen LogP contribution in [0.2, 0.25) is 0 Å². The molecule has 0 radical (unpaired) electrons. The highest BCUT2D eigenvalue weighted by Gasteiger charge is 2.44. The molecule has 0 atom stereocenters. The predicted molar refractivity (Wildman–Crippen MR) is 77.2 cm³/mol. The van der Waals surface area contributed by atoms with Gasteiger partial charge in [0.1, 0.15) is 12.1 Å². The van der Waals surface area contributed by atoms with E-state index in [1.54, 1.807) is 0 Å². The Kier molecular flexibility index (Phi) is 6.69. The van der Waals surface area contributed by atoms with Crippen LogP contribution < -0.4 is 5.32 Å². The Hall–Kier alpha value is -0.390. The molecule has 0 aromatic carbocycles. The SMILES string of the molecule is CCCOC(=O)C1(NC(=O)OCC(Cl)(Cl)Cl)CCCC1. The Labute approximate surface area is 133 Å². The van der Waals surface area contributed by atoms with Crippen molar-refractivity contribution >= 4 is 46.9 Å². The summed E-state index contributed by atoms with van der Waals surface area (Å²) in [5, 5.41) is 2.56. The van der Waals surface area contributed by atoms with Crippen LogP contribution in [0.3, 0.4) is 0 Å². The van der Waals surface area contributed by atoms with Gasteiger partial charge in [-0.2, -0.15) is 0 Å². The molecule has 0 aliphatic heterocycles. The molecule has 0 bridgehead atoms. The lowest BCUT2D eigenvalue weighted by Gasteiger charge is -2.27. The zero-order valence-electron chi connectivity index (χ0n) is 11.2. The molecule has 1 aliphatic rings.